The second kappa shape index (κ2) is 5.03. The van der Waals surface area contributed by atoms with Gasteiger partial charge in [0, 0.05) is 37.1 Å². The Hall–Kier alpha value is -0.220. The Balaban J connectivity index is 1.63. The molecule has 14 heavy (non-hydrogen) atoms. The molecule has 0 bridgehead atoms. The van der Waals surface area contributed by atoms with Gasteiger partial charge in [-0.15, -0.1) is 0 Å². The topological polar surface area (TPSA) is 41.6 Å². The normalized spacial score (nSPS) is 25.3. The molecule has 0 amide bonds. The molecule has 1 saturated heterocycles. The van der Waals surface area contributed by atoms with Crippen LogP contribution < -0.4 is 5.73 Å². The van der Waals surface area contributed by atoms with E-state index in [1.54, 1.807) is 0 Å². The van der Waals surface area contributed by atoms with E-state index in [9.17, 15) is 0 Å². The predicted molar refractivity (Wildman–Crippen MR) is 63.0 cm³/mol. The van der Waals surface area contributed by atoms with E-state index in [2.05, 4.69) is 21.7 Å². The maximum atomic E-state index is 5.82. The highest BCUT2D eigenvalue weighted by Gasteiger charge is 2.25. The quantitative estimate of drug-likeness (QED) is 0.555. The van der Waals surface area contributed by atoms with Gasteiger partial charge in [0.2, 0.25) is 0 Å². The number of aliphatic imine (C=N–C) groups is 1. The molecule has 0 aromatic heterocycles. The molecule has 80 valence electrons. The number of rotatable bonds is 4. The highest BCUT2D eigenvalue weighted by Crippen LogP contribution is 2.28. The maximum Gasteiger partial charge on any atom is 0.0968 e. The molecule has 1 aliphatic heterocycles. The Bertz CT molecular complexity index is 207. The SMILES string of the molecule is NC(=NCCN1CCSCC1)C1CC1. The Labute approximate surface area is 90.1 Å². The first-order chi connectivity index (χ1) is 6.86. The van der Waals surface area contributed by atoms with Gasteiger partial charge in [-0.3, -0.25) is 9.89 Å². The third-order valence-corrected chi connectivity index (χ3v) is 3.75. The zero-order valence-corrected chi connectivity index (χ0v) is 9.43. The van der Waals surface area contributed by atoms with Crippen molar-refractivity contribution in [3.63, 3.8) is 0 Å². The maximum absolute atomic E-state index is 5.82. The van der Waals surface area contributed by atoms with Crippen molar-refractivity contribution in [2.24, 2.45) is 16.6 Å². The van der Waals surface area contributed by atoms with E-state index in [0.717, 1.165) is 18.9 Å². The van der Waals surface area contributed by atoms with Gasteiger partial charge in [0.05, 0.1) is 12.4 Å². The van der Waals surface area contributed by atoms with Crippen LogP contribution in [-0.2, 0) is 0 Å². The summed E-state index contributed by atoms with van der Waals surface area (Å²) in [5, 5.41) is 0. The first-order valence-electron chi connectivity index (χ1n) is 5.46. The van der Waals surface area contributed by atoms with Gasteiger partial charge in [0.25, 0.3) is 0 Å². The fraction of sp³-hybridized carbons (Fsp3) is 0.900. The van der Waals surface area contributed by atoms with Crippen LogP contribution in [0.5, 0.6) is 0 Å². The molecule has 3 nitrogen and oxygen atoms in total. The molecule has 1 saturated carbocycles. The van der Waals surface area contributed by atoms with Gasteiger partial charge in [0.1, 0.15) is 0 Å². The minimum absolute atomic E-state index is 0.631. The van der Waals surface area contributed by atoms with Crippen molar-refractivity contribution in [1.82, 2.24) is 4.90 Å². The fourth-order valence-corrected chi connectivity index (χ4v) is 2.63. The molecule has 0 aromatic rings. The molecule has 0 spiro atoms. The van der Waals surface area contributed by atoms with Crippen LogP contribution in [0, 0.1) is 5.92 Å². The van der Waals surface area contributed by atoms with E-state index < -0.39 is 0 Å². The van der Waals surface area contributed by atoms with Crippen molar-refractivity contribution in [1.29, 1.82) is 0 Å². The van der Waals surface area contributed by atoms with Crippen molar-refractivity contribution >= 4 is 17.6 Å². The van der Waals surface area contributed by atoms with Crippen LogP contribution in [0.25, 0.3) is 0 Å². The summed E-state index contributed by atoms with van der Waals surface area (Å²) >= 11 is 2.05. The summed E-state index contributed by atoms with van der Waals surface area (Å²) in [6, 6.07) is 0. The average Bonchev–Trinajstić information content (AvgIpc) is 3.02. The molecule has 0 unspecified atom stereocenters. The van der Waals surface area contributed by atoms with Crippen LogP contribution in [-0.4, -0.2) is 48.4 Å². The van der Waals surface area contributed by atoms with Gasteiger partial charge in [-0.05, 0) is 12.8 Å². The summed E-state index contributed by atoms with van der Waals surface area (Å²) < 4.78 is 0. The van der Waals surface area contributed by atoms with Crippen molar-refractivity contribution in [3.8, 4) is 0 Å². The van der Waals surface area contributed by atoms with Crippen molar-refractivity contribution in [2.45, 2.75) is 12.8 Å². The Morgan fingerprint density at radius 1 is 1.36 bits per heavy atom. The smallest absolute Gasteiger partial charge is 0.0968 e. The second-order valence-electron chi connectivity index (χ2n) is 4.03. The standard InChI is InChI=1S/C10H19N3S/c11-10(9-1-2-9)12-3-4-13-5-7-14-8-6-13/h9H,1-8H2,(H2,11,12). The first-order valence-corrected chi connectivity index (χ1v) is 6.61. The number of nitrogens with zero attached hydrogens (tertiary/aromatic N) is 2. The summed E-state index contributed by atoms with van der Waals surface area (Å²) in [4.78, 5) is 6.91. The second-order valence-corrected chi connectivity index (χ2v) is 5.26. The third-order valence-electron chi connectivity index (χ3n) is 2.81. The zero-order chi connectivity index (χ0) is 9.80. The van der Waals surface area contributed by atoms with E-state index in [-0.39, 0.29) is 0 Å². The lowest BCUT2D eigenvalue weighted by atomic mass is 10.4. The van der Waals surface area contributed by atoms with Crippen LogP contribution in [0.15, 0.2) is 4.99 Å². The summed E-state index contributed by atoms with van der Waals surface area (Å²) in [5.41, 5.74) is 5.82. The number of amidine groups is 1. The molecule has 0 aromatic carbocycles. The summed E-state index contributed by atoms with van der Waals surface area (Å²) in [6.07, 6.45) is 2.52. The number of nitrogens with two attached hydrogens (primary N) is 1. The van der Waals surface area contributed by atoms with E-state index >= 15 is 0 Å². The average molecular weight is 213 g/mol. The van der Waals surface area contributed by atoms with Crippen LogP contribution in [0.2, 0.25) is 0 Å². The molecule has 0 radical (unpaired) electrons. The first kappa shape index (κ1) is 10.3. The predicted octanol–water partition coefficient (Wildman–Crippen LogP) is 0.802. The molecule has 1 heterocycles. The number of thioether (sulfide) groups is 1. The van der Waals surface area contributed by atoms with Crippen LogP contribution in [0.1, 0.15) is 12.8 Å². The van der Waals surface area contributed by atoms with Gasteiger partial charge >= 0.3 is 0 Å². The molecule has 0 atom stereocenters. The van der Waals surface area contributed by atoms with Crippen LogP contribution >= 0.6 is 11.8 Å². The van der Waals surface area contributed by atoms with Crippen molar-refractivity contribution in [2.75, 3.05) is 37.7 Å². The van der Waals surface area contributed by atoms with E-state index in [0.29, 0.717) is 5.92 Å². The van der Waals surface area contributed by atoms with Crippen molar-refractivity contribution in [3.05, 3.63) is 0 Å². The molecule has 1 aliphatic carbocycles. The highest BCUT2D eigenvalue weighted by atomic mass is 32.2. The van der Waals surface area contributed by atoms with Gasteiger partial charge in [0.15, 0.2) is 0 Å². The minimum Gasteiger partial charge on any atom is -0.387 e. The molecule has 2 fully saturated rings. The lowest BCUT2D eigenvalue weighted by molar-refractivity contribution is 0.311. The van der Waals surface area contributed by atoms with Crippen LogP contribution in [0.4, 0.5) is 0 Å². The van der Waals surface area contributed by atoms with Crippen LogP contribution in [0.3, 0.4) is 0 Å². The van der Waals surface area contributed by atoms with Gasteiger partial charge in [-0.25, -0.2) is 0 Å². The lowest BCUT2D eigenvalue weighted by Gasteiger charge is -2.25. The molecular formula is C10H19N3S. The van der Waals surface area contributed by atoms with Gasteiger partial charge in [-0.2, -0.15) is 11.8 Å². The Kier molecular flexibility index (Phi) is 3.70. The Morgan fingerprint density at radius 3 is 2.71 bits per heavy atom. The van der Waals surface area contributed by atoms with Gasteiger partial charge < -0.3 is 5.73 Å². The summed E-state index contributed by atoms with van der Waals surface area (Å²) in [5.74, 6) is 4.09. The van der Waals surface area contributed by atoms with Gasteiger partial charge in [-0.1, -0.05) is 0 Å². The van der Waals surface area contributed by atoms with E-state index in [4.69, 9.17) is 5.73 Å². The molecule has 2 N–H and O–H groups in total. The number of hydrogen-bond acceptors (Lipinski definition) is 3. The molecule has 2 rings (SSSR count). The summed E-state index contributed by atoms with van der Waals surface area (Å²) in [6.45, 7) is 4.44. The molecular weight excluding hydrogens is 194 g/mol. The fourth-order valence-electron chi connectivity index (χ4n) is 1.65. The summed E-state index contributed by atoms with van der Waals surface area (Å²) in [7, 11) is 0. The Morgan fingerprint density at radius 2 is 2.07 bits per heavy atom. The van der Waals surface area contributed by atoms with E-state index in [1.165, 1.54) is 37.4 Å². The van der Waals surface area contributed by atoms with E-state index in [1.807, 2.05) is 0 Å². The number of hydrogen-bond donors (Lipinski definition) is 1. The molecule has 2 aliphatic rings. The lowest BCUT2D eigenvalue weighted by Crippen LogP contribution is -2.34. The molecule has 4 heteroatoms. The third kappa shape index (κ3) is 3.17. The highest BCUT2D eigenvalue weighted by molar-refractivity contribution is 7.99. The minimum atomic E-state index is 0.631. The van der Waals surface area contributed by atoms with Crippen molar-refractivity contribution < 1.29 is 0 Å². The largest absolute Gasteiger partial charge is 0.387 e. The monoisotopic (exact) mass is 213 g/mol. The zero-order valence-electron chi connectivity index (χ0n) is 8.61.